The molecule has 0 bridgehead atoms. The second-order valence-electron chi connectivity index (χ2n) is 12.9. The number of aryl methyl sites for hydroxylation is 8. The monoisotopic (exact) mass is 708 g/mol. The molecule has 0 fully saturated rings. The van der Waals surface area contributed by atoms with Gasteiger partial charge in [-0.1, -0.05) is 107 Å². The predicted molar refractivity (Wildman–Crippen MR) is 218 cm³/mol. The van der Waals surface area contributed by atoms with Crippen molar-refractivity contribution in [2.45, 2.75) is 121 Å². The molecule has 0 radical (unpaired) electrons. The number of hydrogen-bond acceptors (Lipinski definition) is 5. The normalized spacial score (nSPS) is 10.5. The number of esters is 2. The molecule has 282 valence electrons. The molecule has 5 heteroatoms. The maximum atomic E-state index is 11.1. The Bertz CT molecular complexity index is 1680. The molecular weight excluding hydrogens is 645 g/mol. The summed E-state index contributed by atoms with van der Waals surface area (Å²) >= 11 is 0. The molecule has 0 N–H and O–H groups in total. The number of ether oxygens (including phenoxy) is 3. The van der Waals surface area contributed by atoms with Gasteiger partial charge in [0.1, 0.15) is 0 Å². The minimum atomic E-state index is -0.717. The SMILES string of the molecule is C=C(C)OC(OC(C)=O)c1ccc(C)c(CC)c1.CCc1cccc(C)c1C.CCc1cccc(CCC(=O)OC)c1C.CCc1ccccc1C. The van der Waals surface area contributed by atoms with E-state index in [0.717, 1.165) is 37.7 Å². The Kier molecular flexibility index (Phi) is 21.4. The van der Waals surface area contributed by atoms with Crippen molar-refractivity contribution in [1.82, 2.24) is 0 Å². The van der Waals surface area contributed by atoms with E-state index in [9.17, 15) is 9.59 Å². The van der Waals surface area contributed by atoms with E-state index in [4.69, 9.17) is 9.47 Å². The van der Waals surface area contributed by atoms with Crippen molar-refractivity contribution in [3.8, 4) is 0 Å². The van der Waals surface area contributed by atoms with E-state index in [-0.39, 0.29) is 11.9 Å². The summed E-state index contributed by atoms with van der Waals surface area (Å²) in [4.78, 5) is 22.1. The lowest BCUT2D eigenvalue weighted by molar-refractivity contribution is -0.170. The number of hydrogen-bond donors (Lipinski definition) is 0. The van der Waals surface area contributed by atoms with Crippen LogP contribution < -0.4 is 0 Å². The van der Waals surface area contributed by atoms with Gasteiger partial charge in [-0.25, -0.2) is 0 Å². The zero-order valence-corrected chi connectivity index (χ0v) is 34.1. The molecule has 0 saturated carbocycles. The Morgan fingerprint density at radius 3 is 1.60 bits per heavy atom. The van der Waals surface area contributed by atoms with Crippen LogP contribution in [0, 0.1) is 34.6 Å². The van der Waals surface area contributed by atoms with E-state index in [1.165, 1.54) is 69.7 Å². The number of carbonyl (C=O) groups is 2. The van der Waals surface area contributed by atoms with Crippen LogP contribution in [0.5, 0.6) is 0 Å². The molecule has 0 aliphatic heterocycles. The molecular formula is C47H64O5. The Morgan fingerprint density at radius 1 is 0.596 bits per heavy atom. The molecule has 0 spiro atoms. The van der Waals surface area contributed by atoms with Gasteiger partial charge < -0.3 is 14.2 Å². The van der Waals surface area contributed by atoms with Crippen LogP contribution in [0.2, 0.25) is 0 Å². The van der Waals surface area contributed by atoms with Crippen LogP contribution in [-0.4, -0.2) is 19.0 Å². The Morgan fingerprint density at radius 2 is 1.10 bits per heavy atom. The lowest BCUT2D eigenvalue weighted by Crippen LogP contribution is -2.12. The molecule has 0 aliphatic carbocycles. The van der Waals surface area contributed by atoms with E-state index in [1.807, 2.05) is 18.2 Å². The van der Waals surface area contributed by atoms with Crippen LogP contribution in [-0.2, 0) is 55.9 Å². The van der Waals surface area contributed by atoms with Gasteiger partial charge in [-0.15, -0.1) is 0 Å². The Labute approximate surface area is 315 Å². The summed E-state index contributed by atoms with van der Waals surface area (Å²) in [6.07, 6.45) is 4.78. The lowest BCUT2D eigenvalue weighted by atomic mass is 9.97. The van der Waals surface area contributed by atoms with Crippen molar-refractivity contribution < 1.29 is 23.8 Å². The summed E-state index contributed by atoms with van der Waals surface area (Å²) in [5.41, 5.74) is 14.4. The fraction of sp³-hybridized carbons (Fsp3) is 0.404. The van der Waals surface area contributed by atoms with Crippen LogP contribution in [0.3, 0.4) is 0 Å². The summed E-state index contributed by atoms with van der Waals surface area (Å²) in [6.45, 7) is 26.1. The molecule has 0 aromatic heterocycles. The Hall–Kier alpha value is -4.64. The smallest absolute Gasteiger partial charge is 0.305 e. The van der Waals surface area contributed by atoms with Crippen LogP contribution >= 0.6 is 0 Å². The quantitative estimate of drug-likeness (QED) is 0.0882. The van der Waals surface area contributed by atoms with E-state index < -0.39 is 6.29 Å². The molecule has 4 aromatic carbocycles. The average molecular weight is 709 g/mol. The van der Waals surface area contributed by atoms with E-state index in [2.05, 4.69) is 134 Å². The third-order valence-corrected chi connectivity index (χ3v) is 9.11. The van der Waals surface area contributed by atoms with E-state index in [0.29, 0.717) is 12.2 Å². The number of rotatable bonds is 11. The lowest BCUT2D eigenvalue weighted by Gasteiger charge is -2.20. The van der Waals surface area contributed by atoms with Crippen LogP contribution in [0.15, 0.2) is 91.2 Å². The average Bonchev–Trinajstić information content (AvgIpc) is 3.12. The standard InChI is InChI=1S/C15H20O3.C13H18O2.C10H14.C9H12/c1-6-13-9-14(8-7-11(13)4)15(17-10(2)3)18-12(5)16;1-4-11-6-5-7-12(10(11)2)8-9-13(14)15-3;1-4-10-7-5-6-8(2)9(10)3;1-3-9-7-5-4-6-8(9)2/h7-9,15H,2,6H2,1,3-5H3;5-7H,4,8-9H2,1-3H3;5-7H,4H2,1-3H3;4-7H,3H2,1-2H3. The second kappa shape index (κ2) is 24.5. The van der Waals surface area contributed by atoms with Gasteiger partial charge in [0.25, 0.3) is 6.29 Å². The van der Waals surface area contributed by atoms with Gasteiger partial charge >= 0.3 is 11.9 Å². The van der Waals surface area contributed by atoms with Gasteiger partial charge in [0.15, 0.2) is 0 Å². The second-order valence-corrected chi connectivity index (χ2v) is 12.9. The van der Waals surface area contributed by atoms with Crippen molar-refractivity contribution in [3.05, 3.63) is 152 Å². The first-order valence-electron chi connectivity index (χ1n) is 18.5. The molecule has 4 aromatic rings. The minimum Gasteiger partial charge on any atom is -0.469 e. The van der Waals surface area contributed by atoms with Crippen LogP contribution in [0.4, 0.5) is 0 Å². The van der Waals surface area contributed by atoms with Gasteiger partial charge in [-0.3, -0.25) is 9.59 Å². The third-order valence-electron chi connectivity index (χ3n) is 9.11. The molecule has 0 aliphatic rings. The van der Waals surface area contributed by atoms with Gasteiger partial charge in [-0.05, 0) is 135 Å². The zero-order chi connectivity index (χ0) is 39.2. The molecule has 0 saturated heterocycles. The van der Waals surface area contributed by atoms with E-state index in [1.54, 1.807) is 6.92 Å². The topological polar surface area (TPSA) is 61.8 Å². The fourth-order valence-corrected chi connectivity index (χ4v) is 5.64. The predicted octanol–water partition coefficient (Wildman–Crippen LogP) is 11.8. The highest BCUT2D eigenvalue weighted by Crippen LogP contribution is 2.24. The highest BCUT2D eigenvalue weighted by molar-refractivity contribution is 5.69. The molecule has 5 nitrogen and oxygen atoms in total. The zero-order valence-electron chi connectivity index (χ0n) is 34.1. The van der Waals surface area contributed by atoms with E-state index >= 15 is 0 Å². The molecule has 1 atom stereocenters. The first-order chi connectivity index (χ1) is 24.7. The number of methoxy groups -OCH3 is 1. The van der Waals surface area contributed by atoms with Crippen molar-refractivity contribution in [2.24, 2.45) is 0 Å². The largest absolute Gasteiger partial charge is 0.469 e. The Balaban J connectivity index is 0.000000359. The maximum absolute atomic E-state index is 11.1. The molecule has 0 heterocycles. The minimum absolute atomic E-state index is 0.142. The third kappa shape index (κ3) is 16.1. The van der Waals surface area contributed by atoms with Gasteiger partial charge in [0, 0.05) is 18.9 Å². The highest BCUT2D eigenvalue weighted by Gasteiger charge is 2.17. The van der Waals surface area contributed by atoms with Crippen LogP contribution in [0.1, 0.15) is 115 Å². The molecule has 1 unspecified atom stereocenters. The first-order valence-corrected chi connectivity index (χ1v) is 18.5. The summed E-state index contributed by atoms with van der Waals surface area (Å²) in [5, 5.41) is 0. The van der Waals surface area contributed by atoms with Crippen molar-refractivity contribution in [3.63, 3.8) is 0 Å². The van der Waals surface area contributed by atoms with Gasteiger partial charge in [-0.2, -0.15) is 0 Å². The fourth-order valence-electron chi connectivity index (χ4n) is 5.64. The van der Waals surface area contributed by atoms with Crippen LogP contribution in [0.25, 0.3) is 0 Å². The number of benzene rings is 4. The van der Waals surface area contributed by atoms with Gasteiger partial charge in [0.2, 0.25) is 0 Å². The van der Waals surface area contributed by atoms with Crippen molar-refractivity contribution in [2.75, 3.05) is 7.11 Å². The first kappa shape index (κ1) is 45.4. The highest BCUT2D eigenvalue weighted by atomic mass is 16.7. The van der Waals surface area contributed by atoms with Crippen molar-refractivity contribution in [1.29, 1.82) is 0 Å². The molecule has 0 amide bonds. The van der Waals surface area contributed by atoms with Crippen molar-refractivity contribution >= 4 is 11.9 Å². The number of allylic oxidation sites excluding steroid dienone is 1. The summed E-state index contributed by atoms with van der Waals surface area (Å²) in [7, 11) is 1.43. The summed E-state index contributed by atoms with van der Waals surface area (Å²) in [5.74, 6) is -0.00366. The molecule has 4 rings (SSSR count). The maximum Gasteiger partial charge on any atom is 0.305 e. The summed E-state index contributed by atoms with van der Waals surface area (Å²) in [6, 6.07) is 27.2. The van der Waals surface area contributed by atoms with Gasteiger partial charge in [0.05, 0.1) is 12.9 Å². The summed E-state index contributed by atoms with van der Waals surface area (Å²) < 4.78 is 15.2. The molecule has 52 heavy (non-hydrogen) atoms. The number of carbonyl (C=O) groups excluding carboxylic acids is 2.